The van der Waals surface area contributed by atoms with Crippen molar-refractivity contribution in [3.63, 3.8) is 0 Å². The van der Waals surface area contributed by atoms with Crippen LogP contribution < -0.4 is 4.74 Å². The Bertz CT molecular complexity index is 724. The summed E-state index contributed by atoms with van der Waals surface area (Å²) in [7, 11) is 0. The van der Waals surface area contributed by atoms with Crippen LogP contribution in [0.4, 0.5) is 4.39 Å². The van der Waals surface area contributed by atoms with Gasteiger partial charge in [-0.3, -0.25) is 0 Å². The normalized spacial score (nSPS) is 10.9. The highest BCUT2D eigenvalue weighted by Crippen LogP contribution is 2.23. The minimum Gasteiger partial charge on any atom is -0.491 e. The van der Waals surface area contributed by atoms with Crippen LogP contribution in [0.15, 0.2) is 53.3 Å². The lowest BCUT2D eigenvalue weighted by molar-refractivity contribution is 0.273. The molecule has 0 unspecified atom stereocenters. The number of rotatable bonds is 4. The van der Waals surface area contributed by atoms with Crippen molar-refractivity contribution in [1.82, 2.24) is 9.38 Å². The quantitative estimate of drug-likeness (QED) is 0.717. The minimum atomic E-state index is -0.483. The fraction of sp³-hybridized carbons (Fsp3) is 0.133. The van der Waals surface area contributed by atoms with Gasteiger partial charge in [0.15, 0.2) is 0 Å². The fourth-order valence-electron chi connectivity index (χ4n) is 1.98. The van der Waals surface area contributed by atoms with Crippen LogP contribution in [0.1, 0.15) is 0 Å². The molecule has 102 valence electrons. The Morgan fingerprint density at radius 2 is 1.90 bits per heavy atom. The number of ether oxygens (including phenoxy) is 1. The average molecular weight is 335 g/mol. The lowest BCUT2D eigenvalue weighted by atomic mass is 10.2. The molecule has 0 saturated heterocycles. The lowest BCUT2D eigenvalue weighted by Crippen LogP contribution is -1.98. The third-order valence-electron chi connectivity index (χ3n) is 2.91. The van der Waals surface area contributed by atoms with Gasteiger partial charge in [0, 0.05) is 22.4 Å². The zero-order valence-electron chi connectivity index (χ0n) is 10.6. The van der Waals surface area contributed by atoms with Crippen LogP contribution in [0.25, 0.3) is 16.9 Å². The van der Waals surface area contributed by atoms with Gasteiger partial charge in [-0.25, -0.2) is 9.37 Å². The van der Waals surface area contributed by atoms with Gasteiger partial charge >= 0.3 is 0 Å². The van der Waals surface area contributed by atoms with Crippen LogP contribution >= 0.6 is 15.9 Å². The van der Waals surface area contributed by atoms with E-state index in [-0.39, 0.29) is 6.61 Å². The lowest BCUT2D eigenvalue weighted by Gasteiger charge is -2.03. The number of aromatic nitrogens is 2. The number of nitrogens with zero attached hydrogens (tertiary/aromatic N) is 2. The highest BCUT2D eigenvalue weighted by molar-refractivity contribution is 9.10. The smallest absolute Gasteiger partial charge is 0.137 e. The number of alkyl halides is 1. The monoisotopic (exact) mass is 334 g/mol. The summed E-state index contributed by atoms with van der Waals surface area (Å²) >= 11 is 3.44. The largest absolute Gasteiger partial charge is 0.491 e. The molecular weight excluding hydrogens is 323 g/mol. The van der Waals surface area contributed by atoms with E-state index in [2.05, 4.69) is 20.9 Å². The average Bonchev–Trinajstić information content (AvgIpc) is 2.88. The summed E-state index contributed by atoms with van der Waals surface area (Å²) in [5.41, 5.74) is 2.78. The number of halogens is 2. The van der Waals surface area contributed by atoms with E-state index < -0.39 is 6.67 Å². The Morgan fingerprint density at radius 1 is 1.10 bits per heavy atom. The molecule has 20 heavy (non-hydrogen) atoms. The molecule has 0 atom stereocenters. The minimum absolute atomic E-state index is 0.0851. The predicted octanol–water partition coefficient (Wildman–Crippen LogP) is 4.11. The summed E-state index contributed by atoms with van der Waals surface area (Å²) in [6.07, 6.45) is 3.93. The van der Waals surface area contributed by atoms with Gasteiger partial charge in [-0.1, -0.05) is 0 Å². The maximum Gasteiger partial charge on any atom is 0.137 e. The SMILES string of the molecule is FCCOc1ccc(-c2cn3cc(Br)ccc3n2)cc1. The predicted molar refractivity (Wildman–Crippen MR) is 79.8 cm³/mol. The van der Waals surface area contributed by atoms with Gasteiger partial charge in [-0.15, -0.1) is 0 Å². The Balaban J connectivity index is 1.90. The molecule has 0 radical (unpaired) electrons. The molecule has 2 aromatic heterocycles. The molecule has 0 aliphatic rings. The summed E-state index contributed by atoms with van der Waals surface area (Å²) in [5.74, 6) is 0.665. The summed E-state index contributed by atoms with van der Waals surface area (Å²) in [5, 5.41) is 0. The first-order valence-corrected chi connectivity index (χ1v) is 6.99. The first kappa shape index (κ1) is 13.1. The van der Waals surface area contributed by atoms with E-state index >= 15 is 0 Å². The van der Waals surface area contributed by atoms with Crippen molar-refractivity contribution in [1.29, 1.82) is 0 Å². The zero-order chi connectivity index (χ0) is 13.9. The van der Waals surface area contributed by atoms with Gasteiger partial charge in [0.1, 0.15) is 24.7 Å². The zero-order valence-corrected chi connectivity index (χ0v) is 12.2. The molecule has 5 heteroatoms. The number of benzene rings is 1. The fourth-order valence-corrected chi connectivity index (χ4v) is 2.33. The summed E-state index contributed by atoms with van der Waals surface area (Å²) in [6, 6.07) is 11.4. The first-order chi connectivity index (χ1) is 9.76. The molecule has 0 aliphatic heterocycles. The molecule has 0 bridgehead atoms. The molecule has 3 rings (SSSR count). The van der Waals surface area contributed by atoms with E-state index in [0.717, 1.165) is 21.4 Å². The van der Waals surface area contributed by atoms with Gasteiger partial charge in [0.25, 0.3) is 0 Å². The van der Waals surface area contributed by atoms with E-state index in [1.807, 2.05) is 53.2 Å². The van der Waals surface area contributed by atoms with E-state index in [0.29, 0.717) is 5.75 Å². The van der Waals surface area contributed by atoms with Gasteiger partial charge in [0.2, 0.25) is 0 Å². The number of hydrogen-bond donors (Lipinski definition) is 0. The van der Waals surface area contributed by atoms with Crippen molar-refractivity contribution in [2.24, 2.45) is 0 Å². The molecule has 3 aromatic rings. The maximum absolute atomic E-state index is 12.0. The number of pyridine rings is 1. The number of hydrogen-bond acceptors (Lipinski definition) is 2. The molecule has 1 aromatic carbocycles. The molecule has 0 aliphatic carbocycles. The van der Waals surface area contributed by atoms with Crippen LogP contribution in [0, 0.1) is 0 Å². The molecule has 0 amide bonds. The van der Waals surface area contributed by atoms with Crippen LogP contribution in [0.5, 0.6) is 5.75 Å². The molecule has 0 spiro atoms. The molecule has 2 heterocycles. The Morgan fingerprint density at radius 3 is 2.65 bits per heavy atom. The molecule has 0 fully saturated rings. The van der Waals surface area contributed by atoms with E-state index in [1.165, 1.54) is 0 Å². The van der Waals surface area contributed by atoms with Crippen molar-refractivity contribution in [3.8, 4) is 17.0 Å². The van der Waals surface area contributed by atoms with Crippen molar-refractivity contribution in [3.05, 3.63) is 53.3 Å². The first-order valence-electron chi connectivity index (χ1n) is 6.20. The van der Waals surface area contributed by atoms with Crippen LogP contribution in [0.2, 0.25) is 0 Å². The van der Waals surface area contributed by atoms with E-state index in [4.69, 9.17) is 4.74 Å². The Kier molecular flexibility index (Phi) is 3.69. The van der Waals surface area contributed by atoms with Gasteiger partial charge in [-0.2, -0.15) is 0 Å². The standard InChI is InChI=1S/C15H12BrFN2O/c16-12-3-6-15-18-14(10-19(15)9-12)11-1-4-13(5-2-11)20-8-7-17/h1-6,9-10H,7-8H2. The van der Waals surface area contributed by atoms with Crippen molar-refractivity contribution >= 4 is 21.6 Å². The number of fused-ring (bicyclic) bond motifs is 1. The summed E-state index contributed by atoms with van der Waals surface area (Å²) < 4.78 is 20.2. The Hall–Kier alpha value is -1.88. The number of imidazole rings is 1. The Labute approximate surface area is 124 Å². The second kappa shape index (κ2) is 5.63. The summed E-state index contributed by atoms with van der Waals surface area (Å²) in [4.78, 5) is 4.56. The van der Waals surface area contributed by atoms with Gasteiger partial charge < -0.3 is 9.14 Å². The molecule has 3 nitrogen and oxygen atoms in total. The topological polar surface area (TPSA) is 26.5 Å². The second-order valence-electron chi connectivity index (χ2n) is 4.30. The molecule has 0 N–H and O–H groups in total. The highest BCUT2D eigenvalue weighted by Gasteiger charge is 2.05. The van der Waals surface area contributed by atoms with E-state index in [9.17, 15) is 4.39 Å². The van der Waals surface area contributed by atoms with Crippen molar-refractivity contribution in [2.75, 3.05) is 13.3 Å². The van der Waals surface area contributed by atoms with E-state index in [1.54, 1.807) is 0 Å². The van der Waals surface area contributed by atoms with Crippen molar-refractivity contribution in [2.45, 2.75) is 0 Å². The second-order valence-corrected chi connectivity index (χ2v) is 5.22. The molecular formula is C15H12BrFN2O. The van der Waals surface area contributed by atoms with Gasteiger partial charge in [-0.05, 0) is 52.3 Å². The molecule has 0 saturated carbocycles. The van der Waals surface area contributed by atoms with Crippen LogP contribution in [-0.2, 0) is 0 Å². The maximum atomic E-state index is 12.0. The summed E-state index contributed by atoms with van der Waals surface area (Å²) in [6.45, 7) is -0.398. The highest BCUT2D eigenvalue weighted by atomic mass is 79.9. The third-order valence-corrected chi connectivity index (χ3v) is 3.38. The van der Waals surface area contributed by atoms with Crippen molar-refractivity contribution < 1.29 is 9.13 Å². The van der Waals surface area contributed by atoms with Crippen LogP contribution in [0.3, 0.4) is 0 Å². The van der Waals surface area contributed by atoms with Crippen LogP contribution in [-0.4, -0.2) is 22.7 Å². The third kappa shape index (κ3) is 2.67. The van der Waals surface area contributed by atoms with Gasteiger partial charge in [0.05, 0.1) is 5.69 Å².